The van der Waals surface area contributed by atoms with Crippen LogP contribution in [0.5, 0.6) is 0 Å². The summed E-state index contributed by atoms with van der Waals surface area (Å²) >= 11 is 0. The Kier molecular flexibility index (Phi) is 3.72. The highest BCUT2D eigenvalue weighted by molar-refractivity contribution is 5.49. The van der Waals surface area contributed by atoms with E-state index in [1.54, 1.807) is 0 Å². The normalized spacial score (nSPS) is 19.9. The van der Waals surface area contributed by atoms with Gasteiger partial charge in [-0.25, -0.2) is 4.68 Å². The minimum absolute atomic E-state index is 0.300. The van der Waals surface area contributed by atoms with Gasteiger partial charge in [0.25, 0.3) is 0 Å². The molecular formula is C15H17N3O. The third kappa shape index (κ3) is 3.10. The molecule has 98 valence electrons. The van der Waals surface area contributed by atoms with Crippen LogP contribution in [-0.4, -0.2) is 35.6 Å². The van der Waals surface area contributed by atoms with Crippen LogP contribution in [0.4, 0.5) is 0 Å². The minimum Gasteiger partial charge on any atom is -0.378 e. The molecule has 1 aliphatic rings. The van der Waals surface area contributed by atoms with Crippen molar-refractivity contribution in [3.8, 4) is 5.69 Å². The average molecular weight is 255 g/mol. The van der Waals surface area contributed by atoms with Gasteiger partial charge < -0.3 is 10.1 Å². The van der Waals surface area contributed by atoms with Gasteiger partial charge in [-0.1, -0.05) is 30.4 Å². The van der Waals surface area contributed by atoms with Gasteiger partial charge >= 0.3 is 0 Å². The molecule has 1 fully saturated rings. The van der Waals surface area contributed by atoms with Gasteiger partial charge in [-0.2, -0.15) is 5.10 Å². The molecular weight excluding hydrogens is 238 g/mol. The second kappa shape index (κ2) is 5.82. The van der Waals surface area contributed by atoms with Crippen LogP contribution >= 0.6 is 0 Å². The fraction of sp³-hybridized carbons (Fsp3) is 0.267. The Morgan fingerprint density at radius 2 is 2.21 bits per heavy atom. The van der Waals surface area contributed by atoms with Gasteiger partial charge in [-0.05, 0) is 12.1 Å². The Labute approximate surface area is 112 Å². The van der Waals surface area contributed by atoms with Crippen molar-refractivity contribution in [1.29, 1.82) is 0 Å². The van der Waals surface area contributed by atoms with Crippen molar-refractivity contribution < 1.29 is 4.74 Å². The van der Waals surface area contributed by atoms with E-state index in [0.29, 0.717) is 6.04 Å². The Bertz CT molecular complexity index is 542. The van der Waals surface area contributed by atoms with Gasteiger partial charge in [-0.3, -0.25) is 0 Å². The average Bonchev–Trinajstić information content (AvgIpc) is 2.96. The Morgan fingerprint density at radius 3 is 3.00 bits per heavy atom. The van der Waals surface area contributed by atoms with Gasteiger partial charge in [0.1, 0.15) is 0 Å². The summed E-state index contributed by atoms with van der Waals surface area (Å²) in [5, 5.41) is 7.75. The lowest BCUT2D eigenvalue weighted by Gasteiger charge is -2.20. The molecule has 0 aliphatic carbocycles. The third-order valence-corrected chi connectivity index (χ3v) is 3.09. The molecule has 0 bridgehead atoms. The zero-order valence-electron chi connectivity index (χ0n) is 10.7. The monoisotopic (exact) mass is 255 g/mol. The summed E-state index contributed by atoms with van der Waals surface area (Å²) in [6, 6.07) is 10.4. The smallest absolute Gasteiger partial charge is 0.0656 e. The number of benzene rings is 1. The van der Waals surface area contributed by atoms with Crippen molar-refractivity contribution >= 4 is 6.08 Å². The van der Waals surface area contributed by atoms with E-state index in [1.807, 2.05) is 47.4 Å². The largest absolute Gasteiger partial charge is 0.378 e. The maximum Gasteiger partial charge on any atom is 0.0656 e. The van der Waals surface area contributed by atoms with Crippen molar-refractivity contribution in [3.05, 3.63) is 54.4 Å². The number of ether oxygens (including phenoxy) is 1. The van der Waals surface area contributed by atoms with Crippen molar-refractivity contribution in [1.82, 2.24) is 15.1 Å². The van der Waals surface area contributed by atoms with Crippen molar-refractivity contribution in [2.45, 2.75) is 6.04 Å². The van der Waals surface area contributed by atoms with E-state index in [1.165, 1.54) is 0 Å². The minimum atomic E-state index is 0.300. The summed E-state index contributed by atoms with van der Waals surface area (Å²) in [5.74, 6) is 0. The van der Waals surface area contributed by atoms with Gasteiger partial charge in [0.15, 0.2) is 0 Å². The molecule has 4 heteroatoms. The quantitative estimate of drug-likeness (QED) is 0.910. The number of nitrogens with one attached hydrogen (secondary N) is 1. The second-order valence-electron chi connectivity index (χ2n) is 4.55. The van der Waals surface area contributed by atoms with E-state index < -0.39 is 0 Å². The summed E-state index contributed by atoms with van der Waals surface area (Å²) in [6.07, 6.45) is 8.10. The first-order valence-electron chi connectivity index (χ1n) is 6.51. The summed E-state index contributed by atoms with van der Waals surface area (Å²) < 4.78 is 7.29. The van der Waals surface area contributed by atoms with Crippen molar-refractivity contribution in [3.63, 3.8) is 0 Å². The summed E-state index contributed by atoms with van der Waals surface area (Å²) in [5.41, 5.74) is 2.16. The molecule has 1 unspecified atom stereocenters. The Balaban J connectivity index is 1.69. The second-order valence-corrected chi connectivity index (χ2v) is 4.55. The molecule has 1 atom stereocenters. The van der Waals surface area contributed by atoms with Gasteiger partial charge in [0, 0.05) is 24.3 Å². The highest BCUT2D eigenvalue weighted by atomic mass is 16.5. The number of para-hydroxylation sites is 1. The third-order valence-electron chi connectivity index (χ3n) is 3.09. The standard InChI is InChI=1S/C15H17N3O/c1-2-4-15(5-3-1)18-11-13(10-17-18)6-7-14-12-19-9-8-16-14/h1-7,10-11,14,16H,8-9,12H2/b7-6+. The molecule has 1 saturated heterocycles. The predicted molar refractivity (Wildman–Crippen MR) is 75.2 cm³/mol. The fourth-order valence-corrected chi connectivity index (χ4v) is 2.08. The molecule has 1 N–H and O–H groups in total. The topological polar surface area (TPSA) is 39.1 Å². The van der Waals surface area contributed by atoms with Gasteiger partial charge in [0.05, 0.1) is 25.1 Å². The first kappa shape index (κ1) is 12.1. The first-order valence-corrected chi connectivity index (χ1v) is 6.51. The highest BCUT2D eigenvalue weighted by Gasteiger charge is 2.08. The lowest BCUT2D eigenvalue weighted by molar-refractivity contribution is 0.0903. The van der Waals surface area contributed by atoms with E-state index in [4.69, 9.17) is 4.74 Å². The lowest BCUT2D eigenvalue weighted by Crippen LogP contribution is -2.39. The molecule has 0 saturated carbocycles. The molecule has 0 spiro atoms. The number of hydrogen-bond donors (Lipinski definition) is 1. The van der Waals surface area contributed by atoms with E-state index in [0.717, 1.165) is 31.0 Å². The fourth-order valence-electron chi connectivity index (χ4n) is 2.08. The van der Waals surface area contributed by atoms with E-state index in [2.05, 4.69) is 22.6 Å². The van der Waals surface area contributed by atoms with E-state index >= 15 is 0 Å². The van der Waals surface area contributed by atoms with Crippen LogP contribution in [0.3, 0.4) is 0 Å². The zero-order chi connectivity index (χ0) is 12.9. The number of rotatable bonds is 3. The number of nitrogens with zero attached hydrogens (tertiary/aromatic N) is 2. The van der Waals surface area contributed by atoms with Crippen LogP contribution < -0.4 is 5.32 Å². The van der Waals surface area contributed by atoms with Crippen LogP contribution in [0.1, 0.15) is 5.56 Å². The maximum atomic E-state index is 5.41. The zero-order valence-corrected chi connectivity index (χ0v) is 10.7. The molecule has 1 aromatic heterocycles. The lowest BCUT2D eigenvalue weighted by atomic mass is 10.2. The molecule has 2 aromatic rings. The number of hydrogen-bond acceptors (Lipinski definition) is 3. The molecule has 4 nitrogen and oxygen atoms in total. The van der Waals surface area contributed by atoms with Crippen molar-refractivity contribution in [2.75, 3.05) is 19.8 Å². The molecule has 1 aromatic carbocycles. The van der Waals surface area contributed by atoms with Crippen LogP contribution in [0.15, 0.2) is 48.8 Å². The predicted octanol–water partition coefficient (Wildman–Crippen LogP) is 1.87. The summed E-state index contributed by atoms with van der Waals surface area (Å²) in [7, 11) is 0. The molecule has 3 rings (SSSR count). The van der Waals surface area contributed by atoms with Gasteiger partial charge in [-0.15, -0.1) is 0 Å². The van der Waals surface area contributed by atoms with E-state index in [9.17, 15) is 0 Å². The van der Waals surface area contributed by atoms with E-state index in [-0.39, 0.29) is 0 Å². The maximum absolute atomic E-state index is 5.41. The number of aromatic nitrogens is 2. The summed E-state index contributed by atoms with van der Waals surface area (Å²) in [4.78, 5) is 0. The number of morpholine rings is 1. The van der Waals surface area contributed by atoms with Crippen LogP contribution in [0.2, 0.25) is 0 Å². The molecule has 0 radical (unpaired) electrons. The highest BCUT2D eigenvalue weighted by Crippen LogP contribution is 2.09. The molecule has 1 aliphatic heterocycles. The van der Waals surface area contributed by atoms with Crippen molar-refractivity contribution in [2.24, 2.45) is 0 Å². The Morgan fingerprint density at radius 1 is 1.32 bits per heavy atom. The summed E-state index contributed by atoms with van der Waals surface area (Å²) in [6.45, 7) is 2.46. The SMILES string of the molecule is C(=C\C1COCCN1)/c1cnn(-c2ccccc2)c1. The van der Waals surface area contributed by atoms with Crippen LogP contribution in [0, 0.1) is 0 Å². The van der Waals surface area contributed by atoms with Crippen LogP contribution in [-0.2, 0) is 4.74 Å². The van der Waals surface area contributed by atoms with Gasteiger partial charge in [0.2, 0.25) is 0 Å². The Hall–Kier alpha value is -1.91. The molecule has 2 heterocycles. The van der Waals surface area contributed by atoms with Crippen LogP contribution in [0.25, 0.3) is 11.8 Å². The molecule has 19 heavy (non-hydrogen) atoms. The first-order chi connectivity index (χ1) is 9.42. The molecule has 0 amide bonds.